The van der Waals surface area contributed by atoms with Crippen molar-refractivity contribution in [3.63, 3.8) is 0 Å². The van der Waals surface area contributed by atoms with Crippen LogP contribution in [0, 0.1) is 11.3 Å². The summed E-state index contributed by atoms with van der Waals surface area (Å²) in [5.41, 5.74) is 1.62. The second kappa shape index (κ2) is 6.14. The summed E-state index contributed by atoms with van der Waals surface area (Å²) in [5, 5.41) is 20.3. The van der Waals surface area contributed by atoms with E-state index in [4.69, 9.17) is 5.26 Å². The second-order valence-electron chi connectivity index (χ2n) is 6.29. The molecule has 0 aromatic heterocycles. The molecule has 0 saturated heterocycles. The summed E-state index contributed by atoms with van der Waals surface area (Å²) in [4.78, 5) is 14.8. The van der Waals surface area contributed by atoms with Gasteiger partial charge >= 0.3 is 0 Å². The maximum Gasteiger partial charge on any atom is 0.268 e. The van der Waals surface area contributed by atoms with E-state index in [1.54, 1.807) is 35.2 Å². The molecular formula is C22H16N2O2. The van der Waals surface area contributed by atoms with Crippen LogP contribution in [-0.4, -0.2) is 11.0 Å². The molecule has 1 N–H and O–H groups in total. The highest BCUT2D eigenvalue weighted by atomic mass is 16.3. The Balaban J connectivity index is 1.77. The number of anilines is 1. The number of amides is 1. The Labute approximate surface area is 151 Å². The zero-order chi connectivity index (χ0) is 18.1. The van der Waals surface area contributed by atoms with Gasteiger partial charge in [0.05, 0.1) is 23.9 Å². The molecule has 4 heteroatoms. The number of hydrogen-bond donors (Lipinski definition) is 1. The van der Waals surface area contributed by atoms with Crippen molar-refractivity contribution in [3.8, 4) is 6.07 Å². The molecule has 3 aromatic rings. The molecule has 0 bridgehead atoms. The Morgan fingerprint density at radius 3 is 2.27 bits per heavy atom. The first-order valence-corrected chi connectivity index (χ1v) is 8.33. The zero-order valence-electron chi connectivity index (χ0n) is 14.0. The summed E-state index contributed by atoms with van der Waals surface area (Å²) in [5.74, 6) is -0.366. The van der Waals surface area contributed by atoms with Gasteiger partial charge in [-0.3, -0.25) is 4.79 Å². The minimum Gasteiger partial charge on any atom is -0.372 e. The number of fused-ring (bicyclic) bond motifs is 1. The van der Waals surface area contributed by atoms with Crippen molar-refractivity contribution >= 4 is 11.6 Å². The predicted octanol–water partition coefficient (Wildman–Crippen LogP) is 3.34. The van der Waals surface area contributed by atoms with Gasteiger partial charge in [0, 0.05) is 5.56 Å². The number of benzene rings is 3. The lowest BCUT2D eigenvalue weighted by Crippen LogP contribution is -2.40. The molecule has 0 aliphatic carbocycles. The molecule has 1 aliphatic rings. The third-order valence-electron chi connectivity index (χ3n) is 4.75. The van der Waals surface area contributed by atoms with E-state index in [-0.39, 0.29) is 5.91 Å². The third kappa shape index (κ3) is 2.38. The van der Waals surface area contributed by atoms with E-state index in [1.807, 2.05) is 48.5 Å². The normalized spacial score (nSPS) is 18.5. The van der Waals surface area contributed by atoms with Crippen LogP contribution in [0.5, 0.6) is 0 Å². The van der Waals surface area contributed by atoms with Gasteiger partial charge in [0.25, 0.3) is 5.91 Å². The van der Waals surface area contributed by atoms with Crippen LogP contribution in [0.2, 0.25) is 0 Å². The van der Waals surface area contributed by atoms with Gasteiger partial charge in [-0.1, -0.05) is 60.7 Å². The van der Waals surface area contributed by atoms with Crippen LogP contribution < -0.4 is 4.90 Å². The van der Waals surface area contributed by atoms with Crippen molar-refractivity contribution < 1.29 is 9.90 Å². The molecule has 0 spiro atoms. The molecule has 126 valence electrons. The minimum atomic E-state index is -1.69. The first-order valence-electron chi connectivity index (χ1n) is 8.33. The van der Waals surface area contributed by atoms with E-state index < -0.39 is 5.60 Å². The van der Waals surface area contributed by atoms with Gasteiger partial charge in [0.2, 0.25) is 0 Å². The van der Waals surface area contributed by atoms with Crippen LogP contribution in [0.15, 0.2) is 78.9 Å². The smallest absolute Gasteiger partial charge is 0.268 e. The number of carbonyl (C=O) groups excluding carboxylic acids is 1. The molecule has 1 heterocycles. The van der Waals surface area contributed by atoms with Gasteiger partial charge in [-0.15, -0.1) is 0 Å². The van der Waals surface area contributed by atoms with E-state index in [0.717, 1.165) is 5.56 Å². The molecule has 1 amide bonds. The summed E-state index contributed by atoms with van der Waals surface area (Å²) in [6.07, 6.45) is 0. The lowest BCUT2D eigenvalue weighted by molar-refractivity contribution is -0.132. The Kier molecular flexibility index (Phi) is 3.80. The van der Waals surface area contributed by atoms with E-state index in [9.17, 15) is 9.90 Å². The molecule has 4 rings (SSSR count). The molecule has 1 unspecified atom stereocenters. The van der Waals surface area contributed by atoms with Crippen molar-refractivity contribution in [1.82, 2.24) is 0 Å². The number of nitrogens with zero attached hydrogens (tertiary/aromatic N) is 2. The van der Waals surface area contributed by atoms with Gasteiger partial charge < -0.3 is 10.0 Å². The highest BCUT2D eigenvalue weighted by molar-refractivity contribution is 6.09. The van der Waals surface area contributed by atoms with E-state index in [0.29, 0.717) is 28.9 Å². The molecule has 1 aliphatic heterocycles. The molecule has 0 radical (unpaired) electrons. The topological polar surface area (TPSA) is 64.3 Å². The number of aliphatic hydroxyl groups is 1. The van der Waals surface area contributed by atoms with Crippen LogP contribution in [0.1, 0.15) is 22.3 Å². The number of carbonyl (C=O) groups is 1. The SMILES string of the molecule is N#Cc1ccc(CN2C(=O)C(O)(c3ccccc3)c3ccccc32)cc1. The quantitative estimate of drug-likeness (QED) is 0.795. The standard InChI is InChI=1S/C22H16N2O2/c23-14-16-10-12-17(13-11-16)15-24-20-9-5-4-8-19(20)22(26,21(24)25)18-6-2-1-3-7-18/h1-13,26H,15H2. The highest BCUT2D eigenvalue weighted by Gasteiger charge is 2.50. The molecule has 4 nitrogen and oxygen atoms in total. The monoisotopic (exact) mass is 340 g/mol. The average molecular weight is 340 g/mol. The van der Waals surface area contributed by atoms with Crippen LogP contribution in [0.4, 0.5) is 5.69 Å². The molecular weight excluding hydrogens is 324 g/mol. The number of nitriles is 1. The molecule has 0 fully saturated rings. The minimum absolute atomic E-state index is 0.330. The molecule has 1 atom stereocenters. The summed E-state index contributed by atoms with van der Waals surface area (Å²) in [6, 6.07) is 25.5. The fourth-order valence-electron chi connectivity index (χ4n) is 3.42. The Bertz CT molecular complexity index is 1010. The summed E-state index contributed by atoms with van der Waals surface area (Å²) in [7, 11) is 0. The van der Waals surface area contributed by atoms with Crippen LogP contribution in [0.3, 0.4) is 0 Å². The highest BCUT2D eigenvalue weighted by Crippen LogP contribution is 2.44. The second-order valence-corrected chi connectivity index (χ2v) is 6.29. The van der Waals surface area contributed by atoms with E-state index in [1.165, 1.54) is 0 Å². The van der Waals surface area contributed by atoms with Crippen LogP contribution >= 0.6 is 0 Å². The van der Waals surface area contributed by atoms with E-state index in [2.05, 4.69) is 6.07 Å². The van der Waals surface area contributed by atoms with Crippen molar-refractivity contribution in [1.29, 1.82) is 5.26 Å². The third-order valence-corrected chi connectivity index (χ3v) is 4.75. The van der Waals surface area contributed by atoms with Gasteiger partial charge in [0.15, 0.2) is 5.60 Å². The van der Waals surface area contributed by atoms with Gasteiger partial charge in [-0.2, -0.15) is 5.26 Å². The lowest BCUT2D eigenvalue weighted by Gasteiger charge is -2.23. The van der Waals surface area contributed by atoms with Crippen molar-refractivity contribution in [2.75, 3.05) is 4.90 Å². The van der Waals surface area contributed by atoms with E-state index >= 15 is 0 Å². The van der Waals surface area contributed by atoms with Gasteiger partial charge in [-0.05, 0) is 29.3 Å². The lowest BCUT2D eigenvalue weighted by atomic mass is 9.88. The predicted molar refractivity (Wildman–Crippen MR) is 98.2 cm³/mol. The fraction of sp³-hybridized carbons (Fsp3) is 0.0909. The summed E-state index contributed by atoms with van der Waals surface area (Å²) in [6.45, 7) is 0.330. The summed E-state index contributed by atoms with van der Waals surface area (Å²) < 4.78 is 0. The van der Waals surface area contributed by atoms with Gasteiger partial charge in [0.1, 0.15) is 0 Å². The van der Waals surface area contributed by atoms with Crippen LogP contribution in [-0.2, 0) is 16.9 Å². The molecule has 0 saturated carbocycles. The van der Waals surface area contributed by atoms with Gasteiger partial charge in [-0.25, -0.2) is 0 Å². The molecule has 26 heavy (non-hydrogen) atoms. The number of para-hydroxylation sites is 1. The fourth-order valence-corrected chi connectivity index (χ4v) is 3.42. The first-order chi connectivity index (χ1) is 12.6. The van der Waals surface area contributed by atoms with Crippen LogP contribution in [0.25, 0.3) is 0 Å². The average Bonchev–Trinajstić information content (AvgIpc) is 2.92. The van der Waals surface area contributed by atoms with Crippen molar-refractivity contribution in [2.24, 2.45) is 0 Å². The van der Waals surface area contributed by atoms with Crippen molar-refractivity contribution in [2.45, 2.75) is 12.1 Å². The van der Waals surface area contributed by atoms with Crippen molar-refractivity contribution in [3.05, 3.63) is 101 Å². The zero-order valence-corrected chi connectivity index (χ0v) is 14.0. The Hall–Kier alpha value is -3.42. The Morgan fingerprint density at radius 2 is 1.58 bits per heavy atom. The molecule has 3 aromatic carbocycles. The summed E-state index contributed by atoms with van der Waals surface area (Å²) >= 11 is 0. The maximum absolute atomic E-state index is 13.2. The first kappa shape index (κ1) is 16.1. The number of hydrogen-bond acceptors (Lipinski definition) is 3. The largest absolute Gasteiger partial charge is 0.372 e. The Morgan fingerprint density at radius 1 is 0.923 bits per heavy atom. The maximum atomic E-state index is 13.2. The number of rotatable bonds is 3.